The van der Waals surface area contributed by atoms with E-state index in [0.29, 0.717) is 11.7 Å². The maximum absolute atomic E-state index is 12.8. The van der Waals surface area contributed by atoms with Gasteiger partial charge in [0, 0.05) is 25.0 Å². The predicted octanol–water partition coefficient (Wildman–Crippen LogP) is 4.10. The van der Waals surface area contributed by atoms with Gasteiger partial charge in [0.25, 0.3) is 5.91 Å². The van der Waals surface area contributed by atoms with Gasteiger partial charge in [0.05, 0.1) is 23.3 Å². The molecular formula is C23H19N7OS. The van der Waals surface area contributed by atoms with Crippen LogP contribution in [0.5, 0.6) is 0 Å². The molecule has 0 fully saturated rings. The number of aryl methyl sites for hydroxylation is 1. The van der Waals surface area contributed by atoms with Crippen LogP contribution in [0.4, 0.5) is 5.13 Å². The SMILES string of the molecule is Cn1ccnc1-c1sc(NC(=O)c2cn(Cc3ccccc3)nn2)nc1-c1ccccc1. The van der Waals surface area contributed by atoms with Gasteiger partial charge in [0.2, 0.25) is 0 Å². The molecule has 5 aromatic rings. The van der Waals surface area contributed by atoms with E-state index in [2.05, 4.69) is 20.6 Å². The summed E-state index contributed by atoms with van der Waals surface area (Å²) in [4.78, 5) is 22.8. The van der Waals surface area contributed by atoms with Crippen molar-refractivity contribution in [1.82, 2.24) is 29.5 Å². The number of carbonyl (C=O) groups excluding carboxylic acids is 1. The Labute approximate surface area is 188 Å². The molecule has 1 amide bonds. The normalized spacial score (nSPS) is 10.9. The number of nitrogens with one attached hydrogen (secondary N) is 1. The molecule has 0 bridgehead atoms. The average molecular weight is 442 g/mol. The third-order valence-corrected chi connectivity index (χ3v) is 5.84. The van der Waals surface area contributed by atoms with Crippen molar-refractivity contribution in [3.63, 3.8) is 0 Å². The number of hydrogen-bond acceptors (Lipinski definition) is 6. The van der Waals surface area contributed by atoms with Crippen LogP contribution < -0.4 is 5.32 Å². The number of rotatable bonds is 6. The quantitative estimate of drug-likeness (QED) is 0.428. The zero-order valence-electron chi connectivity index (χ0n) is 17.2. The van der Waals surface area contributed by atoms with Gasteiger partial charge in [0.15, 0.2) is 16.6 Å². The van der Waals surface area contributed by atoms with Gasteiger partial charge in [-0.2, -0.15) is 0 Å². The topological polar surface area (TPSA) is 90.5 Å². The van der Waals surface area contributed by atoms with E-state index in [4.69, 9.17) is 4.98 Å². The summed E-state index contributed by atoms with van der Waals surface area (Å²) in [7, 11) is 1.93. The lowest BCUT2D eigenvalue weighted by atomic mass is 10.1. The zero-order chi connectivity index (χ0) is 21.9. The van der Waals surface area contributed by atoms with Crippen molar-refractivity contribution in [2.45, 2.75) is 6.54 Å². The van der Waals surface area contributed by atoms with Crippen LogP contribution in [0.25, 0.3) is 22.0 Å². The monoisotopic (exact) mass is 441 g/mol. The minimum absolute atomic E-state index is 0.232. The minimum Gasteiger partial charge on any atom is -0.333 e. The summed E-state index contributed by atoms with van der Waals surface area (Å²) in [5.41, 5.74) is 3.04. The number of carbonyl (C=O) groups is 1. The summed E-state index contributed by atoms with van der Waals surface area (Å²) >= 11 is 1.38. The number of hydrogen-bond donors (Lipinski definition) is 1. The standard InChI is InChI=1S/C23H19N7OS/c1-29-13-12-24-21(29)20-19(17-10-6-3-7-11-17)25-23(32-20)26-22(31)18-15-30(28-27-18)14-16-8-4-2-5-9-16/h2-13,15H,14H2,1H3,(H,25,26,31). The molecule has 0 aliphatic rings. The first-order valence-electron chi connectivity index (χ1n) is 9.97. The van der Waals surface area contributed by atoms with Gasteiger partial charge >= 0.3 is 0 Å². The third-order valence-electron chi connectivity index (χ3n) is 4.88. The van der Waals surface area contributed by atoms with E-state index in [9.17, 15) is 4.79 Å². The Morgan fingerprint density at radius 3 is 2.53 bits per heavy atom. The molecular weight excluding hydrogens is 422 g/mol. The van der Waals surface area contributed by atoms with Crippen LogP contribution in [0.3, 0.4) is 0 Å². The number of amides is 1. The van der Waals surface area contributed by atoms with Gasteiger partial charge < -0.3 is 4.57 Å². The van der Waals surface area contributed by atoms with E-state index in [1.807, 2.05) is 78.5 Å². The Morgan fingerprint density at radius 1 is 1.06 bits per heavy atom. The third kappa shape index (κ3) is 4.06. The number of thiazole rings is 1. The highest BCUT2D eigenvalue weighted by Crippen LogP contribution is 2.38. The first kappa shape index (κ1) is 19.8. The Bertz CT molecular complexity index is 1360. The number of aromatic nitrogens is 6. The van der Waals surface area contributed by atoms with Gasteiger partial charge in [-0.3, -0.25) is 10.1 Å². The fraction of sp³-hybridized carbons (Fsp3) is 0.0870. The maximum Gasteiger partial charge on any atom is 0.279 e. The lowest BCUT2D eigenvalue weighted by Gasteiger charge is -2.02. The molecule has 0 atom stereocenters. The van der Waals surface area contributed by atoms with Crippen LogP contribution in [0.2, 0.25) is 0 Å². The van der Waals surface area contributed by atoms with Crippen molar-refractivity contribution in [2.75, 3.05) is 5.32 Å². The molecule has 9 heteroatoms. The Balaban J connectivity index is 1.40. The molecule has 0 saturated heterocycles. The molecule has 0 radical (unpaired) electrons. The summed E-state index contributed by atoms with van der Waals surface area (Å²) in [5.74, 6) is 0.430. The molecule has 2 aromatic carbocycles. The van der Waals surface area contributed by atoms with Crippen molar-refractivity contribution in [1.29, 1.82) is 0 Å². The van der Waals surface area contributed by atoms with Crippen molar-refractivity contribution in [2.24, 2.45) is 7.05 Å². The second-order valence-corrected chi connectivity index (χ2v) is 8.16. The number of anilines is 1. The summed E-state index contributed by atoms with van der Waals surface area (Å²) in [6.45, 7) is 0.542. The summed E-state index contributed by atoms with van der Waals surface area (Å²) in [6.07, 6.45) is 5.26. The van der Waals surface area contributed by atoms with Crippen LogP contribution in [-0.4, -0.2) is 35.4 Å². The molecule has 0 spiro atoms. The van der Waals surface area contributed by atoms with E-state index in [-0.39, 0.29) is 11.6 Å². The van der Waals surface area contributed by atoms with Gasteiger partial charge in [-0.15, -0.1) is 5.10 Å². The molecule has 3 aromatic heterocycles. The fourth-order valence-corrected chi connectivity index (χ4v) is 4.33. The molecule has 0 saturated carbocycles. The van der Waals surface area contributed by atoms with Gasteiger partial charge in [-0.1, -0.05) is 77.2 Å². The molecule has 0 aliphatic carbocycles. The number of benzene rings is 2. The molecule has 5 rings (SSSR count). The predicted molar refractivity (Wildman–Crippen MR) is 123 cm³/mol. The van der Waals surface area contributed by atoms with E-state index in [1.54, 1.807) is 17.1 Å². The second-order valence-electron chi connectivity index (χ2n) is 7.17. The van der Waals surface area contributed by atoms with Gasteiger partial charge in [-0.25, -0.2) is 14.6 Å². The summed E-state index contributed by atoms with van der Waals surface area (Å²) < 4.78 is 3.57. The lowest BCUT2D eigenvalue weighted by Crippen LogP contribution is -2.12. The van der Waals surface area contributed by atoms with Crippen LogP contribution in [0.1, 0.15) is 16.1 Å². The average Bonchev–Trinajstić information content (AvgIpc) is 3.55. The molecule has 158 valence electrons. The smallest absolute Gasteiger partial charge is 0.279 e. The Morgan fingerprint density at radius 2 is 1.81 bits per heavy atom. The molecule has 8 nitrogen and oxygen atoms in total. The summed E-state index contributed by atoms with van der Waals surface area (Å²) in [5, 5.41) is 11.4. The van der Waals surface area contributed by atoms with E-state index in [1.165, 1.54) is 11.3 Å². The zero-order valence-corrected chi connectivity index (χ0v) is 18.0. The first-order chi connectivity index (χ1) is 15.7. The van der Waals surface area contributed by atoms with E-state index < -0.39 is 0 Å². The molecule has 0 aliphatic heterocycles. The van der Waals surface area contributed by atoms with E-state index in [0.717, 1.165) is 27.5 Å². The van der Waals surface area contributed by atoms with Crippen molar-refractivity contribution in [3.8, 4) is 22.0 Å². The molecule has 32 heavy (non-hydrogen) atoms. The second kappa shape index (κ2) is 8.56. The van der Waals surface area contributed by atoms with Crippen LogP contribution in [-0.2, 0) is 13.6 Å². The largest absolute Gasteiger partial charge is 0.333 e. The lowest BCUT2D eigenvalue weighted by molar-refractivity contribution is 0.102. The van der Waals surface area contributed by atoms with Crippen molar-refractivity contribution >= 4 is 22.4 Å². The Hall–Kier alpha value is -4.11. The first-order valence-corrected chi connectivity index (χ1v) is 10.8. The fourth-order valence-electron chi connectivity index (χ4n) is 3.31. The number of nitrogens with zero attached hydrogens (tertiary/aromatic N) is 6. The van der Waals surface area contributed by atoms with Crippen LogP contribution in [0, 0.1) is 0 Å². The Kier molecular flexibility index (Phi) is 5.30. The van der Waals surface area contributed by atoms with Gasteiger partial charge in [0.1, 0.15) is 0 Å². The van der Waals surface area contributed by atoms with Crippen molar-refractivity contribution < 1.29 is 4.79 Å². The molecule has 1 N–H and O–H groups in total. The van der Waals surface area contributed by atoms with E-state index >= 15 is 0 Å². The molecule has 3 heterocycles. The maximum atomic E-state index is 12.8. The minimum atomic E-state index is -0.357. The van der Waals surface area contributed by atoms with Crippen LogP contribution in [0.15, 0.2) is 79.3 Å². The van der Waals surface area contributed by atoms with Crippen LogP contribution >= 0.6 is 11.3 Å². The highest BCUT2D eigenvalue weighted by Gasteiger charge is 2.20. The highest BCUT2D eigenvalue weighted by molar-refractivity contribution is 7.19. The summed E-state index contributed by atoms with van der Waals surface area (Å²) in [6, 6.07) is 19.7. The highest BCUT2D eigenvalue weighted by atomic mass is 32.1. The number of imidazole rings is 1. The molecule has 0 unspecified atom stereocenters. The van der Waals surface area contributed by atoms with Gasteiger partial charge in [-0.05, 0) is 5.56 Å². The van der Waals surface area contributed by atoms with Crippen molar-refractivity contribution in [3.05, 3.63) is 90.5 Å².